The lowest BCUT2D eigenvalue weighted by molar-refractivity contribution is 0.0788. The van der Waals surface area contributed by atoms with Crippen molar-refractivity contribution in [1.29, 1.82) is 0 Å². The molecule has 0 heterocycles. The molecule has 0 amide bonds. The smallest absolute Gasteiger partial charge is 0.262 e. The fourth-order valence-electron chi connectivity index (χ4n) is 2.38. The van der Waals surface area contributed by atoms with Crippen molar-refractivity contribution in [2.75, 3.05) is 0 Å². The summed E-state index contributed by atoms with van der Waals surface area (Å²) in [7, 11) is -3.65. The van der Waals surface area contributed by atoms with Crippen molar-refractivity contribution in [2.45, 2.75) is 39.2 Å². The van der Waals surface area contributed by atoms with Gasteiger partial charge in [-0.15, -0.1) is 0 Å². The maximum atomic E-state index is 12.1. The van der Waals surface area contributed by atoms with Crippen LogP contribution in [0.2, 0.25) is 0 Å². The minimum atomic E-state index is -3.65. The van der Waals surface area contributed by atoms with Crippen LogP contribution in [0.3, 0.4) is 0 Å². The molecule has 0 spiro atoms. The fourth-order valence-corrected chi connectivity index (χ4v) is 3.19. The Hall–Kier alpha value is -1.69. The van der Waals surface area contributed by atoms with Crippen LogP contribution < -0.4 is 4.89 Å². The highest BCUT2D eigenvalue weighted by atomic mass is 32.2. The average Bonchev–Trinajstić information content (AvgIpc) is 2.42. The topological polar surface area (TPSA) is 55.4 Å². The molecule has 0 saturated carbocycles. The Morgan fingerprint density at radius 1 is 0.909 bits per heavy atom. The van der Waals surface area contributed by atoms with Crippen LogP contribution in [0.1, 0.15) is 27.8 Å². The van der Waals surface area contributed by atoms with Crippen LogP contribution in [0.4, 0.5) is 0 Å². The van der Waals surface area contributed by atoms with Crippen LogP contribution in [-0.2, 0) is 21.5 Å². The van der Waals surface area contributed by atoms with E-state index >= 15 is 0 Å². The zero-order valence-corrected chi connectivity index (χ0v) is 14.1. The molecule has 0 saturated heterocycles. The van der Waals surface area contributed by atoms with Crippen molar-refractivity contribution in [3.63, 3.8) is 0 Å². The molecule has 0 aliphatic heterocycles. The third kappa shape index (κ3) is 3.94. The molecule has 0 bridgehead atoms. The van der Waals surface area contributed by atoms with Gasteiger partial charge in [0, 0.05) is 0 Å². The first kappa shape index (κ1) is 16.7. The second-order valence-corrected chi connectivity index (χ2v) is 7.21. The van der Waals surface area contributed by atoms with Crippen LogP contribution in [0.15, 0.2) is 41.3 Å². The van der Waals surface area contributed by atoms with Gasteiger partial charge in [0.05, 0.1) is 11.5 Å². The van der Waals surface area contributed by atoms with Gasteiger partial charge in [0.25, 0.3) is 10.0 Å². The monoisotopic (exact) mass is 319 g/mol. The molecule has 0 atom stereocenters. The van der Waals surface area contributed by atoms with Crippen molar-refractivity contribution in [3.05, 3.63) is 64.2 Å². The van der Waals surface area contributed by atoms with Crippen molar-refractivity contribution in [2.24, 2.45) is 0 Å². The SMILES string of the molecule is Cc1ccc(S(=O)(=O)NOCc2c(C)cc(C)cc2C)cc1. The highest BCUT2D eigenvalue weighted by Crippen LogP contribution is 2.17. The average molecular weight is 319 g/mol. The molecule has 0 aliphatic carbocycles. The van der Waals surface area contributed by atoms with Crippen LogP contribution in [0.25, 0.3) is 0 Å². The highest BCUT2D eigenvalue weighted by Gasteiger charge is 2.14. The van der Waals surface area contributed by atoms with Gasteiger partial charge in [-0.2, -0.15) is 0 Å². The highest BCUT2D eigenvalue weighted by molar-refractivity contribution is 7.89. The largest absolute Gasteiger partial charge is 0.282 e. The van der Waals surface area contributed by atoms with E-state index in [1.807, 2.05) is 27.7 Å². The standard InChI is InChI=1S/C17H21NO3S/c1-12-5-7-16(8-6-12)22(19,20)18-21-11-17-14(3)9-13(2)10-15(17)4/h5-10,18H,11H2,1-4H3. The summed E-state index contributed by atoms with van der Waals surface area (Å²) in [4.78, 5) is 7.61. The van der Waals surface area contributed by atoms with Gasteiger partial charge in [-0.25, -0.2) is 8.42 Å². The Bertz CT molecular complexity index is 742. The van der Waals surface area contributed by atoms with Gasteiger partial charge in [0.15, 0.2) is 0 Å². The number of sulfonamides is 1. The van der Waals surface area contributed by atoms with E-state index in [9.17, 15) is 8.42 Å². The minimum absolute atomic E-state index is 0.190. The van der Waals surface area contributed by atoms with E-state index in [1.54, 1.807) is 24.3 Å². The first-order chi connectivity index (χ1) is 10.3. The summed E-state index contributed by atoms with van der Waals surface area (Å²) in [6, 6.07) is 10.7. The summed E-state index contributed by atoms with van der Waals surface area (Å²) >= 11 is 0. The maximum Gasteiger partial charge on any atom is 0.262 e. The molecule has 2 aromatic rings. The van der Waals surface area contributed by atoms with Gasteiger partial charge in [-0.1, -0.05) is 40.3 Å². The molecule has 0 fully saturated rings. The van der Waals surface area contributed by atoms with Crippen LogP contribution in [0.5, 0.6) is 0 Å². The molecule has 2 rings (SSSR count). The van der Waals surface area contributed by atoms with Gasteiger partial charge in [0.1, 0.15) is 0 Å². The second kappa shape index (κ2) is 6.60. The molecular formula is C17H21NO3S. The number of aryl methyl sites for hydroxylation is 4. The molecular weight excluding hydrogens is 298 g/mol. The summed E-state index contributed by atoms with van der Waals surface area (Å²) in [5, 5.41) is 0. The Balaban J connectivity index is 2.06. The normalized spacial score (nSPS) is 11.6. The minimum Gasteiger partial charge on any atom is -0.282 e. The number of hydrogen-bond acceptors (Lipinski definition) is 3. The molecule has 22 heavy (non-hydrogen) atoms. The first-order valence-electron chi connectivity index (χ1n) is 7.06. The van der Waals surface area contributed by atoms with Gasteiger partial charge >= 0.3 is 0 Å². The van der Waals surface area contributed by atoms with Gasteiger partial charge in [0.2, 0.25) is 0 Å². The van der Waals surface area contributed by atoms with Crippen molar-refractivity contribution < 1.29 is 13.3 Å². The third-order valence-corrected chi connectivity index (χ3v) is 4.79. The summed E-state index contributed by atoms with van der Waals surface area (Å²) in [5.74, 6) is 0. The predicted octanol–water partition coefficient (Wildman–Crippen LogP) is 3.33. The van der Waals surface area contributed by atoms with E-state index in [2.05, 4.69) is 17.0 Å². The Labute approximate surface area is 132 Å². The fraction of sp³-hybridized carbons (Fsp3) is 0.294. The zero-order chi connectivity index (χ0) is 16.3. The van der Waals surface area contributed by atoms with E-state index in [-0.39, 0.29) is 11.5 Å². The molecule has 5 heteroatoms. The van der Waals surface area contributed by atoms with Crippen molar-refractivity contribution in [3.8, 4) is 0 Å². The third-order valence-electron chi connectivity index (χ3n) is 3.56. The van der Waals surface area contributed by atoms with E-state index in [0.29, 0.717) is 0 Å². The zero-order valence-electron chi connectivity index (χ0n) is 13.3. The molecule has 2 aromatic carbocycles. The van der Waals surface area contributed by atoms with E-state index < -0.39 is 10.0 Å². The maximum absolute atomic E-state index is 12.1. The predicted molar refractivity (Wildman–Crippen MR) is 86.9 cm³/mol. The number of rotatable bonds is 5. The van der Waals surface area contributed by atoms with E-state index in [0.717, 1.165) is 22.3 Å². The molecule has 4 nitrogen and oxygen atoms in total. The Kier molecular flexibility index (Phi) is 5.01. The Morgan fingerprint density at radius 3 is 2.00 bits per heavy atom. The number of benzene rings is 2. The van der Waals surface area contributed by atoms with Gasteiger partial charge in [-0.05, 0) is 56.5 Å². The molecule has 0 unspecified atom stereocenters. The summed E-state index contributed by atoms with van der Waals surface area (Å²) in [6.07, 6.45) is 0. The quantitative estimate of drug-likeness (QED) is 0.860. The van der Waals surface area contributed by atoms with Gasteiger partial charge in [-0.3, -0.25) is 4.84 Å². The van der Waals surface area contributed by atoms with Crippen LogP contribution >= 0.6 is 0 Å². The summed E-state index contributed by atoms with van der Waals surface area (Å²) in [6.45, 7) is 8.12. The first-order valence-corrected chi connectivity index (χ1v) is 8.55. The molecule has 0 aromatic heterocycles. The molecule has 0 aliphatic rings. The lowest BCUT2D eigenvalue weighted by Gasteiger charge is -2.12. The van der Waals surface area contributed by atoms with Crippen LogP contribution in [-0.4, -0.2) is 8.42 Å². The van der Waals surface area contributed by atoms with Crippen LogP contribution in [0, 0.1) is 27.7 Å². The molecule has 0 radical (unpaired) electrons. The lowest BCUT2D eigenvalue weighted by atomic mass is 10.0. The van der Waals surface area contributed by atoms with Crippen molar-refractivity contribution >= 4 is 10.0 Å². The number of nitrogens with one attached hydrogen (secondary N) is 1. The molecule has 118 valence electrons. The summed E-state index contributed by atoms with van der Waals surface area (Å²) in [5.41, 5.74) is 5.36. The summed E-state index contributed by atoms with van der Waals surface area (Å²) < 4.78 is 24.2. The molecule has 1 N–H and O–H groups in total. The van der Waals surface area contributed by atoms with E-state index in [4.69, 9.17) is 4.84 Å². The van der Waals surface area contributed by atoms with Crippen molar-refractivity contribution in [1.82, 2.24) is 4.89 Å². The number of hydrogen-bond donors (Lipinski definition) is 1. The lowest BCUT2D eigenvalue weighted by Crippen LogP contribution is -2.24. The Morgan fingerprint density at radius 2 is 1.45 bits per heavy atom. The van der Waals surface area contributed by atoms with Gasteiger partial charge < -0.3 is 0 Å². The second-order valence-electron chi connectivity index (χ2n) is 5.57. The van der Waals surface area contributed by atoms with E-state index in [1.165, 1.54) is 5.56 Å².